The van der Waals surface area contributed by atoms with Gasteiger partial charge in [0.25, 0.3) is 11.1 Å². The minimum Gasteiger partial charge on any atom is -0.478 e. The van der Waals surface area contributed by atoms with Crippen LogP contribution < -0.4 is 16.4 Å². The Morgan fingerprint density at radius 2 is 1.24 bits per heavy atom. The third-order valence-corrected chi connectivity index (χ3v) is 8.37. The molecule has 0 saturated carbocycles. The van der Waals surface area contributed by atoms with Crippen LogP contribution in [0.5, 0.6) is 0 Å². The number of nitrogens with zero attached hydrogens (tertiary/aromatic N) is 9. The van der Waals surface area contributed by atoms with Gasteiger partial charge >= 0.3 is 23.9 Å². The summed E-state index contributed by atoms with van der Waals surface area (Å²) in [7, 11) is 0. The molecule has 3 heterocycles. The molecule has 0 aliphatic heterocycles. The fourth-order valence-electron chi connectivity index (χ4n) is 4.32. The van der Waals surface area contributed by atoms with Crippen molar-refractivity contribution in [3.05, 3.63) is 64.3 Å². The van der Waals surface area contributed by atoms with Crippen molar-refractivity contribution in [2.75, 3.05) is 22.6 Å². The van der Waals surface area contributed by atoms with E-state index >= 15 is 0 Å². The lowest BCUT2D eigenvalue weighted by Crippen LogP contribution is -2.15. The summed E-state index contributed by atoms with van der Waals surface area (Å²) >= 11 is 2.59. The van der Waals surface area contributed by atoms with Gasteiger partial charge in [-0.25, -0.2) is 19.2 Å². The van der Waals surface area contributed by atoms with Gasteiger partial charge in [0, 0.05) is 16.8 Å². The Morgan fingerprint density at radius 3 is 1.63 bits per heavy atom. The van der Waals surface area contributed by atoms with Crippen molar-refractivity contribution in [3.8, 4) is 5.95 Å². The van der Waals surface area contributed by atoms with E-state index in [0.717, 1.165) is 41.1 Å². The summed E-state index contributed by atoms with van der Waals surface area (Å²) in [5.74, 6) is -6.44. The number of carboxylic acids is 4. The number of azo groups is 1. The number of hydrogen-bond acceptors (Lipinski definition) is 17. The summed E-state index contributed by atoms with van der Waals surface area (Å²) in [5, 5.41) is 65.1. The second-order valence-electron chi connectivity index (χ2n) is 11.4. The lowest BCUT2D eigenvalue weighted by Gasteiger charge is -2.15. The summed E-state index contributed by atoms with van der Waals surface area (Å²) in [4.78, 5) is 60.0. The zero-order chi connectivity index (χ0) is 37.2. The second kappa shape index (κ2) is 14.1. The first-order chi connectivity index (χ1) is 24.0. The van der Waals surface area contributed by atoms with Crippen molar-refractivity contribution in [1.29, 1.82) is 0 Å². The van der Waals surface area contributed by atoms with Gasteiger partial charge in [0.05, 0.1) is 27.9 Å². The number of thioether (sulfide) groups is 1. The third kappa shape index (κ3) is 8.19. The molecule has 0 atom stereocenters. The van der Waals surface area contributed by atoms with Gasteiger partial charge in [0.2, 0.25) is 11.9 Å². The fraction of sp³-hybridized carbons (Fsp3) is 0.172. The first-order valence-corrected chi connectivity index (χ1v) is 16.3. The molecule has 0 fully saturated rings. The third-order valence-electron chi connectivity index (χ3n) is 6.59. The molecule has 20 nitrogen and oxygen atoms in total. The van der Waals surface area contributed by atoms with Crippen molar-refractivity contribution in [1.82, 2.24) is 34.9 Å². The quantitative estimate of drug-likeness (QED) is 0.0639. The van der Waals surface area contributed by atoms with Gasteiger partial charge in [-0.3, -0.25) is 0 Å². The highest BCUT2D eigenvalue weighted by Gasteiger charge is 2.28. The molecule has 262 valence electrons. The van der Waals surface area contributed by atoms with Crippen LogP contribution in [0, 0.1) is 0 Å². The summed E-state index contributed by atoms with van der Waals surface area (Å²) in [6, 6.07) is 6.53. The zero-order valence-corrected chi connectivity index (χ0v) is 28.4. The maximum absolute atomic E-state index is 11.7. The number of nitrogen functional groups attached to an aromatic ring is 1. The Labute approximate surface area is 294 Å². The molecule has 0 unspecified atom stereocenters. The highest BCUT2D eigenvalue weighted by atomic mass is 32.2. The molecular weight excluding hydrogens is 709 g/mol. The van der Waals surface area contributed by atoms with Crippen molar-refractivity contribution >= 4 is 86.9 Å². The van der Waals surface area contributed by atoms with Crippen LogP contribution in [-0.2, 0) is 5.41 Å². The Hall–Kier alpha value is -6.55. The standard InChI is InChI=1S/C29H26N12O8S2/c1-29(2,3)18-17(36-37-27-38-39-28(50-4)51-27)19(30)41(40-18)26-34-24(31-15-7-11(20(42)43)5-12(8-15)21(44)45)33-25(35-26)32-16-9-13(22(46)47)6-14(10-16)23(48)49/h5-10H,30H2,1-4H3,(H,42,43)(H,44,45)(H,46,47)(H,48,49)(H2,31,32,33,34,35). The molecule has 0 saturated heterocycles. The average Bonchev–Trinajstić information content (AvgIpc) is 3.67. The average molecular weight is 735 g/mol. The highest BCUT2D eigenvalue weighted by Crippen LogP contribution is 2.38. The molecule has 8 N–H and O–H groups in total. The molecule has 5 aromatic rings. The van der Waals surface area contributed by atoms with E-state index in [0.29, 0.717) is 10.0 Å². The molecule has 5 rings (SSSR count). The van der Waals surface area contributed by atoms with E-state index in [1.807, 2.05) is 27.0 Å². The molecule has 0 aliphatic carbocycles. The monoisotopic (exact) mass is 734 g/mol. The number of hydrogen-bond donors (Lipinski definition) is 7. The van der Waals surface area contributed by atoms with E-state index in [1.54, 1.807) is 0 Å². The smallest absolute Gasteiger partial charge is 0.335 e. The first-order valence-electron chi connectivity index (χ1n) is 14.2. The lowest BCUT2D eigenvalue weighted by atomic mass is 9.91. The van der Waals surface area contributed by atoms with E-state index in [9.17, 15) is 39.6 Å². The van der Waals surface area contributed by atoms with Crippen LogP contribution in [-0.4, -0.2) is 85.5 Å². The number of aromatic nitrogens is 7. The van der Waals surface area contributed by atoms with E-state index in [4.69, 9.17) is 5.73 Å². The number of nitrogens with one attached hydrogen (secondary N) is 2. The number of carbonyl (C=O) groups is 4. The molecule has 0 spiro atoms. The van der Waals surface area contributed by atoms with Crippen LogP contribution in [0.2, 0.25) is 0 Å². The predicted octanol–water partition coefficient (Wildman–Crippen LogP) is 5.21. The van der Waals surface area contributed by atoms with Gasteiger partial charge in [-0.05, 0) is 42.7 Å². The first kappa shape index (κ1) is 35.7. The van der Waals surface area contributed by atoms with Crippen molar-refractivity contribution in [2.45, 2.75) is 30.5 Å². The van der Waals surface area contributed by atoms with E-state index in [2.05, 4.69) is 51.1 Å². The second-order valence-corrected chi connectivity index (χ2v) is 13.4. The molecular formula is C29H26N12O8S2. The van der Waals surface area contributed by atoms with Crippen molar-refractivity contribution in [3.63, 3.8) is 0 Å². The van der Waals surface area contributed by atoms with Crippen LogP contribution in [0.3, 0.4) is 0 Å². The number of anilines is 5. The molecule has 3 aromatic heterocycles. The molecule has 0 amide bonds. The molecule has 22 heteroatoms. The minimum absolute atomic E-state index is 0.0311. The van der Waals surface area contributed by atoms with Gasteiger partial charge < -0.3 is 36.8 Å². The van der Waals surface area contributed by atoms with E-state index in [1.165, 1.54) is 23.1 Å². The van der Waals surface area contributed by atoms with Gasteiger partial charge in [-0.1, -0.05) is 43.9 Å². The summed E-state index contributed by atoms with van der Waals surface area (Å²) in [6.07, 6.45) is 1.84. The molecule has 0 aliphatic rings. The SMILES string of the molecule is CSc1nnc(N=Nc2c(C(C)(C)C)nn(-c3nc(Nc4cc(C(=O)O)cc(C(=O)O)c4)nc(Nc4cc(C(=O)O)cc(C(=O)O)c4)n3)c2N)s1. The van der Waals surface area contributed by atoms with Crippen LogP contribution in [0.25, 0.3) is 5.95 Å². The molecule has 51 heavy (non-hydrogen) atoms. The van der Waals surface area contributed by atoms with Crippen molar-refractivity contribution in [2.24, 2.45) is 10.2 Å². The van der Waals surface area contributed by atoms with E-state index < -0.39 is 29.3 Å². The van der Waals surface area contributed by atoms with Crippen LogP contribution in [0.1, 0.15) is 67.9 Å². The number of rotatable bonds is 12. The normalized spacial score (nSPS) is 11.5. The van der Waals surface area contributed by atoms with Crippen LogP contribution >= 0.6 is 23.1 Å². The Bertz CT molecular complexity index is 2090. The Morgan fingerprint density at radius 1 is 0.765 bits per heavy atom. The molecule has 2 aromatic carbocycles. The van der Waals surface area contributed by atoms with Crippen LogP contribution in [0.4, 0.5) is 39.9 Å². The minimum atomic E-state index is -1.40. The van der Waals surface area contributed by atoms with Gasteiger partial charge in [-0.2, -0.15) is 24.7 Å². The van der Waals surface area contributed by atoms with Gasteiger partial charge in [0.1, 0.15) is 0 Å². The zero-order valence-electron chi connectivity index (χ0n) is 26.8. The van der Waals surface area contributed by atoms with Gasteiger partial charge in [0.15, 0.2) is 15.8 Å². The number of carboxylic acid groups (broad SMARTS) is 4. The topological polar surface area (TPSA) is 306 Å². The molecule has 0 radical (unpaired) electrons. The highest BCUT2D eigenvalue weighted by molar-refractivity contribution is 8.00. The summed E-state index contributed by atoms with van der Waals surface area (Å²) in [5.41, 5.74) is 4.98. The summed E-state index contributed by atoms with van der Waals surface area (Å²) in [6.45, 7) is 5.56. The molecule has 0 bridgehead atoms. The largest absolute Gasteiger partial charge is 0.478 e. The Balaban J connectivity index is 1.68. The van der Waals surface area contributed by atoms with Crippen LogP contribution in [0.15, 0.2) is 51.0 Å². The Kier molecular flexibility index (Phi) is 9.90. The lowest BCUT2D eigenvalue weighted by molar-refractivity contribution is 0.0676. The maximum Gasteiger partial charge on any atom is 0.335 e. The maximum atomic E-state index is 11.7. The van der Waals surface area contributed by atoms with Gasteiger partial charge in [-0.15, -0.1) is 20.4 Å². The number of aromatic carboxylic acids is 4. The van der Waals surface area contributed by atoms with Crippen molar-refractivity contribution < 1.29 is 39.6 Å². The predicted molar refractivity (Wildman–Crippen MR) is 183 cm³/mol. The number of nitrogens with two attached hydrogens (primary N) is 1. The number of benzene rings is 2. The van der Waals surface area contributed by atoms with E-state index in [-0.39, 0.29) is 68.1 Å². The summed E-state index contributed by atoms with van der Waals surface area (Å²) < 4.78 is 1.80. The fourth-order valence-corrected chi connectivity index (χ4v) is 5.40.